The Labute approximate surface area is 227 Å². The van der Waals surface area contributed by atoms with Gasteiger partial charge in [0.25, 0.3) is 0 Å². The van der Waals surface area contributed by atoms with E-state index in [9.17, 15) is 19.8 Å². The predicted molar refractivity (Wildman–Crippen MR) is 146 cm³/mol. The van der Waals surface area contributed by atoms with Gasteiger partial charge in [0.15, 0.2) is 0 Å². The highest BCUT2D eigenvalue weighted by Gasteiger charge is 2.60. The van der Waals surface area contributed by atoms with Gasteiger partial charge in [-0.2, -0.15) is 0 Å². The molecule has 210 valence electrons. The number of carbonyl (C=O) groups is 2. The Kier molecular flexibility index (Phi) is 9.19. The molecule has 3 aliphatic heterocycles. The first-order chi connectivity index (χ1) is 18.3. The molecule has 0 aliphatic carbocycles. The molecule has 0 amide bonds. The maximum atomic E-state index is 12.8. The zero-order chi connectivity index (χ0) is 27.3. The minimum absolute atomic E-state index is 0.0826. The molecule has 3 aliphatic rings. The van der Waals surface area contributed by atoms with Crippen LogP contribution in [0.5, 0.6) is 0 Å². The lowest BCUT2D eigenvalue weighted by atomic mass is 9.62. The van der Waals surface area contributed by atoms with Crippen molar-refractivity contribution in [2.75, 3.05) is 20.2 Å². The summed E-state index contributed by atoms with van der Waals surface area (Å²) in [5.74, 6) is -1.46. The molecular weight excluding hydrogens is 480 g/mol. The van der Waals surface area contributed by atoms with E-state index in [1.807, 2.05) is 22.8 Å². The molecule has 7 nitrogen and oxygen atoms in total. The van der Waals surface area contributed by atoms with Crippen molar-refractivity contribution in [1.29, 1.82) is 0 Å². The van der Waals surface area contributed by atoms with Gasteiger partial charge in [0.1, 0.15) is 0 Å². The number of piperidine rings is 1. The summed E-state index contributed by atoms with van der Waals surface area (Å²) in [6.45, 7) is 6.55. The molecular formula is C31H45N2O5-. The van der Waals surface area contributed by atoms with Crippen molar-refractivity contribution in [3.05, 3.63) is 35.5 Å². The number of benzene rings is 1. The maximum absolute atomic E-state index is 12.8. The molecule has 1 aromatic carbocycles. The number of hydrogen-bond donors (Lipinski definition) is 1. The van der Waals surface area contributed by atoms with Gasteiger partial charge in [-0.05, 0) is 62.1 Å². The highest BCUT2D eigenvalue weighted by molar-refractivity contribution is 5.90. The van der Waals surface area contributed by atoms with Crippen LogP contribution in [0.4, 0.5) is 0 Å². The SMILES string of the molecule is CCCCCCCCCC(=O)[O-].CC[C@]12CCCN3CCc4c(n(c5ccccc45)[C@@](O)(C(=O)OC)C1)[C@@H]32. The molecule has 1 fully saturated rings. The molecule has 0 bridgehead atoms. The number of aliphatic hydroxyl groups is 1. The van der Waals surface area contributed by atoms with Gasteiger partial charge >= 0.3 is 5.97 Å². The summed E-state index contributed by atoms with van der Waals surface area (Å²) in [7, 11) is 1.37. The largest absolute Gasteiger partial charge is 0.550 e. The van der Waals surface area contributed by atoms with Gasteiger partial charge in [-0.1, -0.05) is 70.6 Å². The van der Waals surface area contributed by atoms with Gasteiger partial charge in [0.2, 0.25) is 5.72 Å². The number of aliphatic carboxylic acids is 1. The Bertz CT molecular complexity index is 1130. The van der Waals surface area contributed by atoms with Gasteiger partial charge in [0.05, 0.1) is 18.7 Å². The number of methoxy groups -OCH3 is 1. The Morgan fingerprint density at radius 3 is 2.47 bits per heavy atom. The normalized spacial score (nSPS) is 25.8. The van der Waals surface area contributed by atoms with Crippen molar-refractivity contribution in [3.8, 4) is 0 Å². The van der Waals surface area contributed by atoms with Crippen LogP contribution in [0.3, 0.4) is 0 Å². The average Bonchev–Trinajstić information content (AvgIpc) is 3.27. The number of carboxylic acids is 1. The molecule has 2 aromatic rings. The van der Waals surface area contributed by atoms with Crippen molar-refractivity contribution in [2.24, 2.45) is 5.41 Å². The lowest BCUT2D eigenvalue weighted by Gasteiger charge is -2.57. The van der Waals surface area contributed by atoms with E-state index >= 15 is 0 Å². The number of nitrogens with zero attached hydrogens (tertiary/aromatic N) is 2. The van der Waals surface area contributed by atoms with E-state index in [-0.39, 0.29) is 17.9 Å². The van der Waals surface area contributed by atoms with E-state index in [1.165, 1.54) is 50.2 Å². The number of aromatic nitrogens is 1. The van der Waals surface area contributed by atoms with E-state index in [0.29, 0.717) is 6.42 Å². The second kappa shape index (κ2) is 12.2. The number of carboxylic acid groups (broad SMARTS) is 1. The third-order valence-corrected chi connectivity index (χ3v) is 9.16. The van der Waals surface area contributed by atoms with Gasteiger partial charge in [0, 0.05) is 30.0 Å². The highest BCUT2D eigenvalue weighted by atomic mass is 16.5. The Morgan fingerprint density at radius 1 is 1.08 bits per heavy atom. The summed E-state index contributed by atoms with van der Waals surface area (Å²) in [6, 6.07) is 8.45. The number of hydrogen-bond acceptors (Lipinski definition) is 6. The summed E-state index contributed by atoms with van der Waals surface area (Å²) in [5.41, 5.74) is 1.69. The van der Waals surface area contributed by atoms with Gasteiger partial charge < -0.3 is 24.3 Å². The molecule has 0 spiro atoms. The zero-order valence-corrected chi connectivity index (χ0v) is 23.5. The zero-order valence-electron chi connectivity index (χ0n) is 23.5. The van der Waals surface area contributed by atoms with Gasteiger partial charge in [-0.25, -0.2) is 4.79 Å². The van der Waals surface area contributed by atoms with Gasteiger partial charge in [-0.3, -0.25) is 4.90 Å². The monoisotopic (exact) mass is 525 g/mol. The fourth-order valence-electron chi connectivity index (χ4n) is 7.33. The van der Waals surface area contributed by atoms with Crippen LogP contribution in [0.2, 0.25) is 0 Å². The van der Waals surface area contributed by atoms with Crippen molar-refractivity contribution in [2.45, 2.75) is 109 Å². The minimum Gasteiger partial charge on any atom is -0.550 e. The van der Waals surface area contributed by atoms with Crippen LogP contribution < -0.4 is 5.11 Å². The summed E-state index contributed by atoms with van der Waals surface area (Å²) in [4.78, 5) is 25.4. The first kappa shape index (κ1) is 28.6. The predicted octanol–water partition coefficient (Wildman–Crippen LogP) is 4.83. The van der Waals surface area contributed by atoms with Crippen LogP contribution in [0, 0.1) is 5.41 Å². The molecule has 5 rings (SSSR count). The van der Waals surface area contributed by atoms with Crippen LogP contribution in [-0.4, -0.2) is 46.7 Å². The molecule has 0 saturated carbocycles. The van der Waals surface area contributed by atoms with Gasteiger partial charge in [-0.15, -0.1) is 0 Å². The van der Waals surface area contributed by atoms with E-state index < -0.39 is 17.7 Å². The Morgan fingerprint density at radius 2 is 1.79 bits per heavy atom. The highest BCUT2D eigenvalue weighted by Crippen LogP contribution is 2.60. The summed E-state index contributed by atoms with van der Waals surface area (Å²) >= 11 is 0. The second-order valence-corrected chi connectivity index (χ2v) is 11.5. The smallest absolute Gasteiger partial charge is 0.359 e. The van der Waals surface area contributed by atoms with Crippen LogP contribution in [0.25, 0.3) is 10.9 Å². The van der Waals surface area contributed by atoms with E-state index in [4.69, 9.17) is 4.74 Å². The van der Waals surface area contributed by atoms with Crippen LogP contribution in [0.15, 0.2) is 24.3 Å². The van der Waals surface area contributed by atoms with Crippen molar-refractivity contribution in [1.82, 2.24) is 9.47 Å². The fourth-order valence-corrected chi connectivity index (χ4v) is 7.33. The molecule has 4 heterocycles. The molecule has 1 aromatic heterocycles. The number of para-hydroxylation sites is 1. The fraction of sp³-hybridized carbons (Fsp3) is 0.677. The van der Waals surface area contributed by atoms with Crippen LogP contribution in [0.1, 0.15) is 108 Å². The standard InChI is InChI=1S/C21H26N2O3.C10H20O2/c1-3-20-10-6-11-22-12-9-15-14-7-4-5-8-16(14)23(17(15)18(20)22)21(25,13-20)19(24)26-2;1-2-3-4-5-6-7-8-9-10(11)12/h4-5,7-8,18,25H,3,6,9-13H2,1-2H3;2-9H2,1H3,(H,11,12)/p-1/t18-,20+,21+;/m1./s1. The molecule has 1 saturated heterocycles. The van der Waals surface area contributed by atoms with E-state index in [1.54, 1.807) is 0 Å². The van der Waals surface area contributed by atoms with Crippen molar-refractivity contribution < 1.29 is 24.5 Å². The Hall–Kier alpha value is -2.38. The number of carbonyl (C=O) groups excluding carboxylic acids is 2. The van der Waals surface area contributed by atoms with Crippen LogP contribution >= 0.6 is 0 Å². The molecule has 0 radical (unpaired) electrons. The first-order valence-electron chi connectivity index (χ1n) is 14.7. The molecule has 1 N–H and O–H groups in total. The maximum Gasteiger partial charge on any atom is 0.359 e. The molecule has 7 heteroatoms. The molecule has 38 heavy (non-hydrogen) atoms. The van der Waals surface area contributed by atoms with E-state index in [2.05, 4.69) is 24.8 Å². The molecule has 3 atom stereocenters. The lowest BCUT2D eigenvalue weighted by molar-refractivity contribution is -0.305. The third-order valence-electron chi connectivity index (χ3n) is 9.16. The number of esters is 1. The number of ether oxygens (including phenoxy) is 1. The number of rotatable bonds is 10. The summed E-state index contributed by atoms with van der Waals surface area (Å²) in [6.07, 6.45) is 12.9. The second-order valence-electron chi connectivity index (χ2n) is 11.5. The van der Waals surface area contributed by atoms with Crippen molar-refractivity contribution >= 4 is 22.8 Å². The van der Waals surface area contributed by atoms with Crippen molar-refractivity contribution in [3.63, 3.8) is 0 Å². The Balaban J connectivity index is 0.000000240. The van der Waals surface area contributed by atoms with E-state index in [0.717, 1.165) is 62.8 Å². The average molecular weight is 526 g/mol. The lowest BCUT2D eigenvalue weighted by Crippen LogP contribution is -2.60. The summed E-state index contributed by atoms with van der Waals surface area (Å²) < 4.78 is 7.01. The topological polar surface area (TPSA) is 94.8 Å². The number of unbranched alkanes of at least 4 members (excludes halogenated alkanes) is 6. The summed E-state index contributed by atoms with van der Waals surface area (Å²) in [5, 5.41) is 22.9. The first-order valence-corrected chi connectivity index (χ1v) is 14.7. The molecule has 0 unspecified atom stereocenters. The third kappa shape index (κ3) is 5.24. The minimum atomic E-state index is -1.63. The van der Waals surface area contributed by atoms with Crippen LogP contribution in [-0.2, 0) is 26.5 Å². The quantitative estimate of drug-likeness (QED) is 0.353. The number of fused-ring (bicyclic) bond motifs is 3.